The van der Waals surface area contributed by atoms with Gasteiger partial charge in [0.05, 0.1) is 5.71 Å². The van der Waals surface area contributed by atoms with Crippen molar-refractivity contribution >= 4 is 45.3 Å². The molecule has 0 bridgehead atoms. The number of hydrogen-bond donors (Lipinski definition) is 3. The summed E-state index contributed by atoms with van der Waals surface area (Å²) in [5.41, 5.74) is 3.05. The van der Waals surface area contributed by atoms with E-state index in [9.17, 15) is 5.11 Å². The van der Waals surface area contributed by atoms with Gasteiger partial charge >= 0.3 is 0 Å². The number of nitrogens with zero attached hydrogens (tertiary/aromatic N) is 2. The third-order valence-corrected chi connectivity index (χ3v) is 6.94. The largest absolute Gasteiger partial charge is 0.396 e. The Morgan fingerprint density at radius 2 is 2.04 bits per heavy atom. The molecular weight excluding hydrogens is 380 g/mol. The molecule has 3 N–H and O–H groups in total. The standard InChI is InChI=1S/C20H21ClN4OS/c1-10-11(2)27-18-16(10)17(13-4-6-15(21)7-5-13)24-20(8-14(20)9-26)19(23)25(18)12(3)22/h4-7,14,22-23,26H,8-9H2,1-3H3/t14?,20-/m0/s1. The molecule has 5 nitrogen and oxygen atoms in total. The molecule has 7 heteroatoms. The van der Waals surface area contributed by atoms with Gasteiger partial charge < -0.3 is 5.11 Å². The van der Waals surface area contributed by atoms with Crippen LogP contribution in [0.5, 0.6) is 0 Å². The average molecular weight is 401 g/mol. The lowest BCUT2D eigenvalue weighted by molar-refractivity contribution is 0.270. The molecule has 2 heterocycles. The van der Waals surface area contributed by atoms with Gasteiger partial charge in [-0.3, -0.25) is 20.7 Å². The number of hydrogen-bond acceptors (Lipinski definition) is 5. The molecule has 1 aromatic heterocycles. The SMILES string of the molecule is CC(=N)N1C(=N)[C@@]2(CC2CO)N=C(c2ccc(Cl)cc2)c2c1sc(C)c2C. The first kappa shape index (κ1) is 18.3. The Labute approximate surface area is 167 Å². The molecule has 1 spiro atoms. The summed E-state index contributed by atoms with van der Waals surface area (Å²) in [7, 11) is 0. The lowest BCUT2D eigenvalue weighted by atomic mass is 9.99. The van der Waals surface area contributed by atoms with Crippen molar-refractivity contribution in [1.29, 1.82) is 10.8 Å². The van der Waals surface area contributed by atoms with Gasteiger partial charge in [-0.05, 0) is 44.9 Å². The summed E-state index contributed by atoms with van der Waals surface area (Å²) in [6.45, 7) is 5.79. The van der Waals surface area contributed by atoms with Crippen molar-refractivity contribution in [2.45, 2.75) is 32.7 Å². The number of aliphatic hydroxyl groups excluding tert-OH is 1. The molecule has 0 saturated heterocycles. The lowest BCUT2D eigenvalue weighted by Gasteiger charge is -2.25. The highest BCUT2D eigenvalue weighted by atomic mass is 35.5. The van der Waals surface area contributed by atoms with Crippen molar-refractivity contribution in [3.63, 3.8) is 0 Å². The normalized spacial score (nSPS) is 23.9. The number of aliphatic hydroxyl groups is 1. The molecule has 27 heavy (non-hydrogen) atoms. The molecule has 1 fully saturated rings. The molecule has 4 rings (SSSR count). The van der Waals surface area contributed by atoms with E-state index < -0.39 is 5.54 Å². The van der Waals surface area contributed by atoms with Gasteiger partial charge in [-0.25, -0.2) is 0 Å². The third-order valence-electron chi connectivity index (χ3n) is 5.50. The number of anilines is 1. The molecule has 2 aromatic rings. The van der Waals surface area contributed by atoms with E-state index >= 15 is 0 Å². The summed E-state index contributed by atoms with van der Waals surface area (Å²) in [6, 6.07) is 7.56. The van der Waals surface area contributed by atoms with E-state index in [1.54, 1.807) is 23.2 Å². The van der Waals surface area contributed by atoms with Crippen molar-refractivity contribution in [2.75, 3.05) is 11.5 Å². The molecule has 1 unspecified atom stereocenters. The predicted octanol–water partition coefficient (Wildman–Crippen LogP) is 4.40. The minimum Gasteiger partial charge on any atom is -0.396 e. The molecule has 1 aliphatic carbocycles. The van der Waals surface area contributed by atoms with E-state index in [1.807, 2.05) is 24.3 Å². The molecule has 1 aromatic carbocycles. The summed E-state index contributed by atoms with van der Waals surface area (Å²) in [6.07, 6.45) is 0.621. The Balaban J connectivity index is 2.02. The van der Waals surface area contributed by atoms with Gasteiger partial charge in [-0.15, -0.1) is 11.3 Å². The average Bonchev–Trinajstić information content (AvgIpc) is 3.29. The second-order valence-corrected chi connectivity index (χ2v) is 8.85. The maximum atomic E-state index is 9.76. The van der Waals surface area contributed by atoms with Crippen LogP contribution in [-0.4, -0.2) is 34.6 Å². The second kappa shape index (κ2) is 6.26. The van der Waals surface area contributed by atoms with Crippen molar-refractivity contribution in [1.82, 2.24) is 0 Å². The van der Waals surface area contributed by atoms with Gasteiger partial charge in [-0.1, -0.05) is 23.7 Å². The molecule has 2 atom stereocenters. The van der Waals surface area contributed by atoms with E-state index in [0.717, 1.165) is 32.3 Å². The number of amidine groups is 2. The first-order valence-corrected chi connectivity index (χ1v) is 10.0. The second-order valence-electron chi connectivity index (χ2n) is 7.21. The fourth-order valence-electron chi connectivity index (χ4n) is 3.74. The van der Waals surface area contributed by atoms with Crippen LogP contribution in [0.1, 0.15) is 34.9 Å². The minimum absolute atomic E-state index is 0.0175. The Morgan fingerprint density at radius 3 is 2.59 bits per heavy atom. The summed E-state index contributed by atoms with van der Waals surface area (Å²) in [5.74, 6) is 0.475. The number of benzene rings is 1. The molecule has 1 aliphatic heterocycles. The Morgan fingerprint density at radius 1 is 1.37 bits per heavy atom. The van der Waals surface area contributed by atoms with Gasteiger partial charge in [0.15, 0.2) is 0 Å². The predicted molar refractivity (Wildman–Crippen MR) is 112 cm³/mol. The molecular formula is C20H21ClN4OS. The van der Waals surface area contributed by atoms with Crippen molar-refractivity contribution < 1.29 is 5.11 Å². The summed E-state index contributed by atoms with van der Waals surface area (Å²) in [4.78, 5) is 7.90. The van der Waals surface area contributed by atoms with Gasteiger partial charge in [0, 0.05) is 33.6 Å². The van der Waals surface area contributed by atoms with Gasteiger partial charge in [0.2, 0.25) is 0 Å². The summed E-state index contributed by atoms with van der Waals surface area (Å²) in [5, 5.41) is 28.5. The Kier molecular flexibility index (Phi) is 4.25. The van der Waals surface area contributed by atoms with Gasteiger partial charge in [-0.2, -0.15) is 0 Å². The van der Waals surface area contributed by atoms with E-state index in [-0.39, 0.29) is 24.2 Å². The van der Waals surface area contributed by atoms with Crippen LogP contribution in [0.4, 0.5) is 5.00 Å². The van der Waals surface area contributed by atoms with E-state index in [2.05, 4.69) is 13.8 Å². The van der Waals surface area contributed by atoms with Gasteiger partial charge in [0.25, 0.3) is 0 Å². The minimum atomic E-state index is -0.773. The molecule has 0 amide bonds. The molecule has 0 radical (unpaired) electrons. The zero-order valence-corrected chi connectivity index (χ0v) is 17.0. The fourth-order valence-corrected chi connectivity index (χ4v) is 5.09. The van der Waals surface area contributed by atoms with Crippen molar-refractivity contribution in [3.8, 4) is 0 Å². The topological polar surface area (TPSA) is 83.5 Å². The Hall–Kier alpha value is -2.02. The smallest absolute Gasteiger partial charge is 0.135 e. The number of rotatable bonds is 2. The zero-order chi connectivity index (χ0) is 19.5. The van der Waals surface area contributed by atoms with Crippen molar-refractivity contribution in [3.05, 3.63) is 50.9 Å². The highest BCUT2D eigenvalue weighted by Gasteiger charge is 2.61. The van der Waals surface area contributed by atoms with Crippen LogP contribution in [0.25, 0.3) is 0 Å². The van der Waals surface area contributed by atoms with Crippen molar-refractivity contribution in [2.24, 2.45) is 10.9 Å². The number of aryl methyl sites for hydroxylation is 1. The van der Waals surface area contributed by atoms with Crippen LogP contribution in [0.3, 0.4) is 0 Å². The lowest BCUT2D eigenvalue weighted by Crippen LogP contribution is -2.42. The summed E-state index contributed by atoms with van der Waals surface area (Å²) >= 11 is 7.66. The van der Waals surface area contributed by atoms with Crippen LogP contribution in [0, 0.1) is 30.6 Å². The summed E-state index contributed by atoms with van der Waals surface area (Å²) < 4.78 is 0. The van der Waals surface area contributed by atoms with Crippen LogP contribution in [-0.2, 0) is 0 Å². The van der Waals surface area contributed by atoms with Crippen LogP contribution in [0.15, 0.2) is 29.3 Å². The first-order valence-electron chi connectivity index (χ1n) is 8.81. The number of nitrogens with one attached hydrogen (secondary N) is 2. The van der Waals surface area contributed by atoms with Crippen LogP contribution < -0.4 is 4.90 Å². The first-order chi connectivity index (χ1) is 12.8. The monoisotopic (exact) mass is 400 g/mol. The fraction of sp³-hybridized carbons (Fsp3) is 0.350. The highest BCUT2D eigenvalue weighted by molar-refractivity contribution is 7.17. The quantitative estimate of drug-likeness (QED) is 0.515. The number of aliphatic imine (C=N–C) groups is 1. The maximum Gasteiger partial charge on any atom is 0.135 e. The number of thiophene rings is 1. The van der Waals surface area contributed by atoms with E-state index in [1.165, 1.54) is 0 Å². The number of fused-ring (bicyclic) bond motifs is 1. The molecule has 1 saturated carbocycles. The zero-order valence-electron chi connectivity index (χ0n) is 15.4. The van der Waals surface area contributed by atoms with E-state index in [0.29, 0.717) is 11.4 Å². The van der Waals surface area contributed by atoms with Crippen LogP contribution >= 0.6 is 22.9 Å². The Bertz CT molecular complexity index is 994. The maximum absolute atomic E-state index is 9.76. The molecule has 2 aliphatic rings. The van der Waals surface area contributed by atoms with Gasteiger partial charge in [0.1, 0.15) is 22.2 Å². The third kappa shape index (κ3) is 2.66. The van der Waals surface area contributed by atoms with Crippen LogP contribution in [0.2, 0.25) is 5.02 Å². The molecule has 140 valence electrons. The number of halogens is 1. The highest BCUT2D eigenvalue weighted by Crippen LogP contribution is 2.53. The van der Waals surface area contributed by atoms with E-state index in [4.69, 9.17) is 27.4 Å².